The van der Waals surface area contributed by atoms with Gasteiger partial charge in [0.25, 0.3) is 12.9 Å². The van der Waals surface area contributed by atoms with Crippen LogP contribution < -0.4 is 4.74 Å². The van der Waals surface area contributed by atoms with Crippen molar-refractivity contribution in [1.29, 1.82) is 0 Å². The van der Waals surface area contributed by atoms with Gasteiger partial charge in [0.2, 0.25) is 0 Å². The summed E-state index contributed by atoms with van der Waals surface area (Å²) in [6.07, 6.45) is -5.44. The minimum Gasteiger partial charge on any atom is -0.487 e. The van der Waals surface area contributed by atoms with Crippen molar-refractivity contribution in [2.45, 2.75) is 12.9 Å². The van der Waals surface area contributed by atoms with Crippen molar-refractivity contribution in [2.24, 2.45) is 0 Å². The second kappa shape index (κ2) is 5.34. The molecule has 0 atom stereocenters. The SMILES string of the molecule is FC(F)COc1ccc(Br)cc1C(F)F. The van der Waals surface area contributed by atoms with E-state index in [1.807, 2.05) is 0 Å². The van der Waals surface area contributed by atoms with Gasteiger partial charge in [0, 0.05) is 4.47 Å². The van der Waals surface area contributed by atoms with E-state index in [1.165, 1.54) is 12.1 Å². The highest BCUT2D eigenvalue weighted by molar-refractivity contribution is 9.10. The lowest BCUT2D eigenvalue weighted by atomic mass is 10.2. The Balaban J connectivity index is 2.86. The molecule has 0 saturated carbocycles. The van der Waals surface area contributed by atoms with E-state index in [9.17, 15) is 17.6 Å². The van der Waals surface area contributed by atoms with Gasteiger partial charge < -0.3 is 4.74 Å². The van der Waals surface area contributed by atoms with E-state index in [-0.39, 0.29) is 5.75 Å². The summed E-state index contributed by atoms with van der Waals surface area (Å²) in [7, 11) is 0. The van der Waals surface area contributed by atoms with Gasteiger partial charge in [-0.2, -0.15) is 0 Å². The number of benzene rings is 1. The molecule has 0 aromatic heterocycles. The highest BCUT2D eigenvalue weighted by atomic mass is 79.9. The third-order valence-electron chi connectivity index (χ3n) is 1.57. The number of ether oxygens (including phenoxy) is 1. The summed E-state index contributed by atoms with van der Waals surface area (Å²) in [4.78, 5) is 0. The Labute approximate surface area is 92.2 Å². The van der Waals surface area contributed by atoms with Crippen LogP contribution in [0.3, 0.4) is 0 Å². The summed E-state index contributed by atoms with van der Waals surface area (Å²) in [5, 5.41) is 0. The van der Waals surface area contributed by atoms with Gasteiger partial charge in [-0.25, -0.2) is 17.6 Å². The predicted molar refractivity (Wildman–Crippen MR) is 50.6 cm³/mol. The maximum atomic E-state index is 12.4. The number of halogens is 5. The normalized spacial score (nSPS) is 11.1. The van der Waals surface area contributed by atoms with E-state index < -0.39 is 25.0 Å². The maximum absolute atomic E-state index is 12.4. The summed E-state index contributed by atoms with van der Waals surface area (Å²) in [5.41, 5.74) is -0.398. The summed E-state index contributed by atoms with van der Waals surface area (Å²) in [5.74, 6) is -0.214. The molecule has 1 aromatic carbocycles. The average molecular weight is 287 g/mol. The van der Waals surface area contributed by atoms with Crippen LogP contribution in [0.15, 0.2) is 22.7 Å². The quantitative estimate of drug-likeness (QED) is 0.760. The van der Waals surface area contributed by atoms with Crippen molar-refractivity contribution >= 4 is 15.9 Å². The highest BCUT2D eigenvalue weighted by Gasteiger charge is 2.15. The Kier molecular flexibility index (Phi) is 4.38. The molecular weight excluding hydrogens is 280 g/mol. The molecule has 0 aliphatic rings. The topological polar surface area (TPSA) is 9.23 Å². The largest absolute Gasteiger partial charge is 0.487 e. The van der Waals surface area contributed by atoms with Crippen LogP contribution in [0.25, 0.3) is 0 Å². The highest BCUT2D eigenvalue weighted by Crippen LogP contribution is 2.31. The first-order valence-electron chi connectivity index (χ1n) is 3.99. The third-order valence-corrected chi connectivity index (χ3v) is 2.07. The van der Waals surface area contributed by atoms with Crippen LogP contribution in [0.2, 0.25) is 0 Å². The van der Waals surface area contributed by atoms with Gasteiger partial charge in [-0.3, -0.25) is 0 Å². The molecule has 0 aliphatic carbocycles. The lowest BCUT2D eigenvalue weighted by molar-refractivity contribution is 0.0773. The fraction of sp³-hybridized carbons (Fsp3) is 0.333. The van der Waals surface area contributed by atoms with Gasteiger partial charge >= 0.3 is 0 Å². The van der Waals surface area contributed by atoms with Crippen LogP contribution >= 0.6 is 15.9 Å². The second-order valence-corrected chi connectivity index (χ2v) is 3.60. The maximum Gasteiger partial charge on any atom is 0.272 e. The minimum absolute atomic E-state index is 0.214. The number of hydrogen-bond donors (Lipinski definition) is 0. The molecule has 0 aliphatic heterocycles. The smallest absolute Gasteiger partial charge is 0.272 e. The fourth-order valence-corrected chi connectivity index (χ4v) is 1.35. The molecule has 84 valence electrons. The molecule has 0 fully saturated rings. The van der Waals surface area contributed by atoms with E-state index in [0.717, 1.165) is 6.07 Å². The molecule has 0 amide bonds. The zero-order valence-corrected chi connectivity index (χ0v) is 8.98. The summed E-state index contributed by atoms with van der Waals surface area (Å²) >= 11 is 3.01. The molecule has 6 heteroatoms. The van der Waals surface area contributed by atoms with E-state index in [1.54, 1.807) is 0 Å². The molecule has 0 N–H and O–H groups in total. The monoisotopic (exact) mass is 286 g/mol. The fourth-order valence-electron chi connectivity index (χ4n) is 0.974. The minimum atomic E-state index is -2.75. The molecule has 0 radical (unpaired) electrons. The summed E-state index contributed by atoms with van der Waals surface area (Å²) < 4.78 is 53.5. The van der Waals surface area contributed by atoms with Gasteiger partial charge in [0.1, 0.15) is 12.4 Å². The number of alkyl halides is 4. The van der Waals surface area contributed by atoms with Crippen LogP contribution in [0.4, 0.5) is 17.6 Å². The van der Waals surface area contributed by atoms with Gasteiger partial charge in [-0.15, -0.1) is 0 Å². The Morgan fingerprint density at radius 3 is 2.40 bits per heavy atom. The summed E-state index contributed by atoms with van der Waals surface area (Å²) in [6.45, 7) is -0.888. The molecule has 0 heterocycles. The van der Waals surface area contributed by atoms with Gasteiger partial charge in [-0.05, 0) is 18.2 Å². The van der Waals surface area contributed by atoms with E-state index in [2.05, 4.69) is 20.7 Å². The molecule has 0 unspecified atom stereocenters. The van der Waals surface area contributed by atoms with E-state index >= 15 is 0 Å². The lowest BCUT2D eigenvalue weighted by Gasteiger charge is -2.10. The third kappa shape index (κ3) is 3.70. The van der Waals surface area contributed by atoms with Crippen LogP contribution in [-0.4, -0.2) is 13.0 Å². The van der Waals surface area contributed by atoms with Crippen molar-refractivity contribution in [1.82, 2.24) is 0 Å². The van der Waals surface area contributed by atoms with Crippen LogP contribution in [0.1, 0.15) is 12.0 Å². The van der Waals surface area contributed by atoms with E-state index in [4.69, 9.17) is 0 Å². The predicted octanol–water partition coefficient (Wildman–Crippen LogP) is 4.03. The van der Waals surface area contributed by atoms with Crippen LogP contribution in [-0.2, 0) is 0 Å². The Hall–Kier alpha value is -0.780. The Morgan fingerprint density at radius 1 is 1.20 bits per heavy atom. The van der Waals surface area contributed by atoms with Gasteiger partial charge in [0.05, 0.1) is 5.56 Å². The molecule has 15 heavy (non-hydrogen) atoms. The van der Waals surface area contributed by atoms with Crippen LogP contribution in [0.5, 0.6) is 5.75 Å². The molecule has 0 bridgehead atoms. The molecule has 1 aromatic rings. The first-order chi connectivity index (χ1) is 7.00. The Bertz CT molecular complexity index is 330. The molecule has 0 saturated heterocycles. The van der Waals surface area contributed by atoms with Crippen molar-refractivity contribution in [3.05, 3.63) is 28.2 Å². The second-order valence-electron chi connectivity index (χ2n) is 2.68. The van der Waals surface area contributed by atoms with Crippen molar-refractivity contribution in [2.75, 3.05) is 6.61 Å². The first kappa shape index (κ1) is 12.3. The van der Waals surface area contributed by atoms with Crippen molar-refractivity contribution in [3.63, 3.8) is 0 Å². The summed E-state index contributed by atoms with van der Waals surface area (Å²) in [6, 6.07) is 3.83. The van der Waals surface area contributed by atoms with Crippen molar-refractivity contribution < 1.29 is 22.3 Å². The lowest BCUT2D eigenvalue weighted by Crippen LogP contribution is -2.08. The zero-order valence-electron chi connectivity index (χ0n) is 7.39. The molecular formula is C9H7BrF4O. The molecule has 0 spiro atoms. The molecule has 1 nitrogen and oxygen atoms in total. The first-order valence-corrected chi connectivity index (χ1v) is 4.78. The van der Waals surface area contributed by atoms with Crippen LogP contribution in [0, 0.1) is 0 Å². The average Bonchev–Trinajstić information content (AvgIpc) is 2.15. The number of rotatable bonds is 4. The number of hydrogen-bond acceptors (Lipinski definition) is 1. The molecule has 1 rings (SSSR count). The Morgan fingerprint density at radius 2 is 1.87 bits per heavy atom. The standard InChI is InChI=1S/C9H7BrF4O/c10-5-1-2-7(15-4-8(11)12)6(3-5)9(13)14/h1-3,8-9H,4H2. The van der Waals surface area contributed by atoms with Gasteiger partial charge in [-0.1, -0.05) is 15.9 Å². The van der Waals surface area contributed by atoms with Gasteiger partial charge in [0.15, 0.2) is 0 Å². The zero-order chi connectivity index (χ0) is 11.4. The van der Waals surface area contributed by atoms with Crippen molar-refractivity contribution in [3.8, 4) is 5.75 Å². The van der Waals surface area contributed by atoms with E-state index in [0.29, 0.717) is 4.47 Å².